The lowest BCUT2D eigenvalue weighted by Crippen LogP contribution is -2.33. The minimum Gasteiger partial charge on any atom is -0.463 e. The molecular formula is C32H40N2O4. The van der Waals surface area contributed by atoms with Gasteiger partial charge in [-0.15, -0.1) is 0 Å². The van der Waals surface area contributed by atoms with E-state index in [0.29, 0.717) is 13.2 Å². The predicted octanol–water partition coefficient (Wildman–Crippen LogP) is 7.00. The number of para-hydroxylation sites is 1. The van der Waals surface area contributed by atoms with E-state index < -0.39 is 5.97 Å². The molecule has 0 fully saturated rings. The zero-order valence-electron chi connectivity index (χ0n) is 23.1. The number of hydrogen-bond donors (Lipinski definition) is 1. The summed E-state index contributed by atoms with van der Waals surface area (Å²) in [4.78, 5) is 31.8. The third kappa shape index (κ3) is 8.27. The van der Waals surface area contributed by atoms with Crippen LogP contribution in [-0.4, -0.2) is 30.1 Å². The number of amides is 1. The first-order chi connectivity index (χ1) is 18.3. The van der Waals surface area contributed by atoms with Crippen LogP contribution in [0.3, 0.4) is 0 Å². The van der Waals surface area contributed by atoms with Crippen molar-refractivity contribution >= 4 is 17.6 Å². The van der Waals surface area contributed by atoms with Crippen molar-refractivity contribution in [1.82, 2.24) is 5.06 Å². The van der Waals surface area contributed by atoms with Crippen LogP contribution in [0.4, 0.5) is 5.69 Å². The third-order valence-corrected chi connectivity index (χ3v) is 6.43. The fourth-order valence-electron chi connectivity index (χ4n) is 4.39. The molecule has 3 aromatic rings. The number of rotatable bonds is 13. The molecule has 0 aromatic heterocycles. The van der Waals surface area contributed by atoms with E-state index in [0.717, 1.165) is 27.9 Å². The second kappa shape index (κ2) is 14.5. The van der Waals surface area contributed by atoms with Crippen LogP contribution in [-0.2, 0) is 25.8 Å². The predicted molar refractivity (Wildman–Crippen MR) is 152 cm³/mol. The van der Waals surface area contributed by atoms with Gasteiger partial charge in [0.15, 0.2) is 0 Å². The van der Waals surface area contributed by atoms with Gasteiger partial charge in [-0.1, -0.05) is 113 Å². The van der Waals surface area contributed by atoms with Gasteiger partial charge >= 0.3 is 5.97 Å². The molecule has 0 aliphatic heterocycles. The minimum absolute atomic E-state index is 0.0680. The summed E-state index contributed by atoms with van der Waals surface area (Å²) in [7, 11) is 0. The SMILES string of the molecule is CCN(OCc1ccccc1)C(COC(=O)CC(=O)Nc1c(C(C)C)cccc1C(C)C)c1ccccc1. The topological polar surface area (TPSA) is 67.9 Å². The van der Waals surface area contributed by atoms with Crippen molar-refractivity contribution in [1.29, 1.82) is 0 Å². The number of anilines is 1. The summed E-state index contributed by atoms with van der Waals surface area (Å²) < 4.78 is 5.64. The second-order valence-electron chi connectivity index (χ2n) is 9.95. The molecule has 202 valence electrons. The molecule has 0 saturated heterocycles. The number of nitrogens with one attached hydrogen (secondary N) is 1. The van der Waals surface area contributed by atoms with E-state index in [-0.39, 0.29) is 36.8 Å². The Balaban J connectivity index is 1.66. The Morgan fingerprint density at radius 1 is 0.816 bits per heavy atom. The van der Waals surface area contributed by atoms with Gasteiger partial charge < -0.3 is 10.1 Å². The highest BCUT2D eigenvalue weighted by atomic mass is 16.7. The summed E-state index contributed by atoms with van der Waals surface area (Å²) in [6.07, 6.45) is -0.359. The van der Waals surface area contributed by atoms with Crippen molar-refractivity contribution in [3.63, 3.8) is 0 Å². The molecule has 0 saturated carbocycles. The lowest BCUT2D eigenvalue weighted by molar-refractivity contribution is -0.206. The fraction of sp³-hybridized carbons (Fsp3) is 0.375. The summed E-state index contributed by atoms with van der Waals surface area (Å²) >= 11 is 0. The van der Waals surface area contributed by atoms with Crippen LogP contribution in [0, 0.1) is 0 Å². The monoisotopic (exact) mass is 516 g/mol. The van der Waals surface area contributed by atoms with Crippen LogP contribution in [0.15, 0.2) is 78.9 Å². The molecule has 0 radical (unpaired) electrons. The van der Waals surface area contributed by atoms with Gasteiger partial charge in [0.2, 0.25) is 5.91 Å². The van der Waals surface area contributed by atoms with E-state index in [1.165, 1.54) is 0 Å². The van der Waals surface area contributed by atoms with Crippen LogP contribution in [0.2, 0.25) is 0 Å². The Hall–Kier alpha value is -3.48. The molecule has 1 atom stereocenters. The lowest BCUT2D eigenvalue weighted by atomic mass is 9.92. The Bertz CT molecular complexity index is 1140. The second-order valence-corrected chi connectivity index (χ2v) is 9.95. The van der Waals surface area contributed by atoms with Crippen molar-refractivity contribution in [3.05, 3.63) is 101 Å². The Kier molecular flexibility index (Phi) is 11.1. The van der Waals surface area contributed by atoms with Gasteiger partial charge in [0.05, 0.1) is 12.6 Å². The highest BCUT2D eigenvalue weighted by Crippen LogP contribution is 2.32. The molecular weight excluding hydrogens is 476 g/mol. The largest absolute Gasteiger partial charge is 0.463 e. The van der Waals surface area contributed by atoms with Crippen molar-refractivity contribution in [2.75, 3.05) is 18.5 Å². The number of carbonyl (C=O) groups excluding carboxylic acids is 2. The van der Waals surface area contributed by atoms with Crippen LogP contribution in [0.25, 0.3) is 0 Å². The molecule has 0 heterocycles. The number of ether oxygens (including phenoxy) is 1. The first kappa shape index (κ1) is 29.1. The standard InChI is InChI=1S/C32H40N2O4/c1-6-34(38-21-25-14-9-7-10-15-25)29(26-16-11-8-12-17-26)22-37-31(36)20-30(35)33-32-27(23(2)3)18-13-19-28(32)24(4)5/h7-19,23-24,29H,6,20-22H2,1-5H3,(H,33,35). The van der Waals surface area contributed by atoms with Gasteiger partial charge in [-0.2, -0.15) is 5.06 Å². The first-order valence-corrected chi connectivity index (χ1v) is 13.4. The maximum atomic E-state index is 12.9. The van der Waals surface area contributed by atoms with E-state index in [4.69, 9.17) is 9.57 Å². The molecule has 38 heavy (non-hydrogen) atoms. The van der Waals surface area contributed by atoms with E-state index in [9.17, 15) is 9.59 Å². The highest BCUT2D eigenvalue weighted by Gasteiger charge is 2.24. The number of esters is 1. The molecule has 1 amide bonds. The molecule has 0 aliphatic rings. The number of benzene rings is 3. The smallest absolute Gasteiger partial charge is 0.315 e. The van der Waals surface area contributed by atoms with Crippen LogP contribution in [0.1, 0.15) is 81.2 Å². The molecule has 6 heteroatoms. The molecule has 0 spiro atoms. The summed E-state index contributed by atoms with van der Waals surface area (Å²) in [6.45, 7) is 11.4. The van der Waals surface area contributed by atoms with Gasteiger partial charge in [-0.25, -0.2) is 0 Å². The number of hydrogen-bond acceptors (Lipinski definition) is 5. The summed E-state index contributed by atoms with van der Waals surface area (Å²) in [5.41, 5.74) is 4.91. The molecule has 3 rings (SSSR count). The van der Waals surface area contributed by atoms with E-state index in [1.54, 1.807) is 0 Å². The van der Waals surface area contributed by atoms with Crippen LogP contribution in [0.5, 0.6) is 0 Å². The van der Waals surface area contributed by atoms with E-state index >= 15 is 0 Å². The Morgan fingerprint density at radius 3 is 1.95 bits per heavy atom. The third-order valence-electron chi connectivity index (χ3n) is 6.43. The number of nitrogens with zero attached hydrogens (tertiary/aromatic N) is 1. The lowest BCUT2D eigenvalue weighted by Gasteiger charge is -2.30. The average Bonchev–Trinajstić information content (AvgIpc) is 2.91. The van der Waals surface area contributed by atoms with Gasteiger partial charge in [0.25, 0.3) is 0 Å². The molecule has 1 unspecified atom stereocenters. The molecule has 6 nitrogen and oxygen atoms in total. The number of hydroxylamine groups is 2. The fourth-order valence-corrected chi connectivity index (χ4v) is 4.39. The average molecular weight is 517 g/mol. The van der Waals surface area contributed by atoms with Crippen molar-refractivity contribution in [2.45, 2.75) is 65.5 Å². The van der Waals surface area contributed by atoms with Gasteiger partial charge in [-0.05, 0) is 34.1 Å². The normalized spacial score (nSPS) is 12.1. The molecule has 3 aromatic carbocycles. The summed E-state index contributed by atoms with van der Waals surface area (Å²) in [5, 5.41) is 4.81. The number of likely N-dealkylation sites (N-methyl/N-ethyl adjacent to an activating group) is 1. The van der Waals surface area contributed by atoms with Gasteiger partial charge in [0, 0.05) is 12.2 Å². The quantitative estimate of drug-likeness (QED) is 0.150. The Labute approximate surface area is 226 Å². The molecule has 0 aliphatic carbocycles. The van der Waals surface area contributed by atoms with Gasteiger partial charge in [0.1, 0.15) is 13.0 Å². The zero-order valence-corrected chi connectivity index (χ0v) is 23.1. The van der Waals surface area contributed by atoms with Crippen LogP contribution >= 0.6 is 0 Å². The van der Waals surface area contributed by atoms with Crippen molar-refractivity contribution in [3.8, 4) is 0 Å². The molecule has 1 N–H and O–H groups in total. The maximum Gasteiger partial charge on any atom is 0.315 e. The zero-order chi connectivity index (χ0) is 27.5. The van der Waals surface area contributed by atoms with Crippen molar-refractivity contribution in [2.24, 2.45) is 0 Å². The highest BCUT2D eigenvalue weighted by molar-refractivity contribution is 6.02. The van der Waals surface area contributed by atoms with Crippen LogP contribution < -0.4 is 5.32 Å². The molecule has 0 bridgehead atoms. The van der Waals surface area contributed by atoms with E-state index in [2.05, 4.69) is 33.0 Å². The van der Waals surface area contributed by atoms with Crippen molar-refractivity contribution < 1.29 is 19.2 Å². The first-order valence-electron chi connectivity index (χ1n) is 13.4. The Morgan fingerprint density at radius 2 is 1.39 bits per heavy atom. The number of carbonyl (C=O) groups is 2. The minimum atomic E-state index is -0.573. The van der Waals surface area contributed by atoms with Gasteiger partial charge in [-0.3, -0.25) is 14.4 Å². The maximum absolute atomic E-state index is 12.9. The summed E-state index contributed by atoms with van der Waals surface area (Å²) in [5.74, 6) is -0.485. The van der Waals surface area contributed by atoms with E-state index in [1.807, 2.05) is 90.8 Å². The summed E-state index contributed by atoms with van der Waals surface area (Å²) in [6, 6.07) is 25.5.